The highest BCUT2D eigenvalue weighted by atomic mass is 16.6. The van der Waals surface area contributed by atoms with Crippen LogP contribution < -0.4 is 10.6 Å². The summed E-state index contributed by atoms with van der Waals surface area (Å²) < 4.78 is 5.14. The Morgan fingerprint density at radius 2 is 1.64 bits per heavy atom. The summed E-state index contributed by atoms with van der Waals surface area (Å²) in [5.74, 6) is 1.38. The molecule has 0 saturated carbocycles. The van der Waals surface area contributed by atoms with Gasteiger partial charge in [0.1, 0.15) is 18.2 Å². The highest BCUT2D eigenvalue weighted by Crippen LogP contribution is 2.22. The standard InChI is InChI=1S/C26H27N3O4/c1-6-19-13-15-21(16-14-19)23(24(31)27-17-20-11-9-8-10-12-20)29(7-2)22(30)18-28-25(32)33-26(3,4)5/h1-2,8-16,23H,17-18H2,3-5H3,(H,27,31)(H,28,32). The topological polar surface area (TPSA) is 87.7 Å². The average molecular weight is 446 g/mol. The summed E-state index contributed by atoms with van der Waals surface area (Å²) in [5.41, 5.74) is 1.25. The van der Waals surface area contributed by atoms with Crippen molar-refractivity contribution in [2.24, 2.45) is 0 Å². The van der Waals surface area contributed by atoms with Gasteiger partial charge < -0.3 is 15.4 Å². The fourth-order valence-electron chi connectivity index (χ4n) is 2.90. The molecule has 0 fully saturated rings. The van der Waals surface area contributed by atoms with Crippen molar-refractivity contribution >= 4 is 17.9 Å². The van der Waals surface area contributed by atoms with Crippen molar-refractivity contribution in [3.05, 3.63) is 71.3 Å². The van der Waals surface area contributed by atoms with Gasteiger partial charge in [0.05, 0.1) is 0 Å². The third-order valence-corrected chi connectivity index (χ3v) is 4.40. The van der Waals surface area contributed by atoms with Crippen LogP contribution in [-0.4, -0.2) is 35.0 Å². The minimum Gasteiger partial charge on any atom is -0.444 e. The zero-order chi connectivity index (χ0) is 24.4. The lowest BCUT2D eigenvalue weighted by Crippen LogP contribution is -2.45. The number of nitrogens with one attached hydrogen (secondary N) is 2. The Morgan fingerprint density at radius 1 is 1.00 bits per heavy atom. The third kappa shape index (κ3) is 7.75. The fourth-order valence-corrected chi connectivity index (χ4v) is 2.90. The molecule has 2 aromatic carbocycles. The second kappa shape index (κ2) is 11.4. The van der Waals surface area contributed by atoms with Crippen LogP contribution in [-0.2, 0) is 20.9 Å². The van der Waals surface area contributed by atoms with Crippen LogP contribution >= 0.6 is 0 Å². The van der Waals surface area contributed by atoms with Crippen LogP contribution in [0.15, 0.2) is 54.6 Å². The highest BCUT2D eigenvalue weighted by molar-refractivity contribution is 5.91. The maximum absolute atomic E-state index is 13.1. The van der Waals surface area contributed by atoms with E-state index in [9.17, 15) is 14.4 Å². The van der Waals surface area contributed by atoms with Gasteiger partial charge in [-0.3, -0.25) is 14.5 Å². The molecule has 0 aromatic heterocycles. The predicted molar refractivity (Wildman–Crippen MR) is 125 cm³/mol. The lowest BCUT2D eigenvalue weighted by molar-refractivity contribution is -0.136. The summed E-state index contributed by atoms with van der Waals surface area (Å²) in [4.78, 5) is 38.9. The quantitative estimate of drug-likeness (QED) is 0.507. The monoisotopic (exact) mass is 445 g/mol. The highest BCUT2D eigenvalue weighted by Gasteiger charge is 2.31. The summed E-state index contributed by atoms with van der Waals surface area (Å²) in [7, 11) is 0. The Balaban J connectivity index is 2.22. The zero-order valence-electron chi connectivity index (χ0n) is 18.9. The van der Waals surface area contributed by atoms with E-state index in [-0.39, 0.29) is 6.54 Å². The molecule has 0 radical (unpaired) electrons. The largest absolute Gasteiger partial charge is 0.444 e. The molecule has 33 heavy (non-hydrogen) atoms. The first-order valence-corrected chi connectivity index (χ1v) is 10.3. The molecule has 0 aliphatic heterocycles. The van der Waals surface area contributed by atoms with E-state index in [1.54, 1.807) is 45.0 Å². The molecule has 2 N–H and O–H groups in total. The SMILES string of the molecule is C#Cc1ccc(C(C(=O)NCc2ccccc2)N(C#C)C(=O)CNC(=O)OC(C)(C)C)cc1. The van der Waals surface area contributed by atoms with Crippen LogP contribution in [0.1, 0.15) is 43.5 Å². The van der Waals surface area contributed by atoms with Crippen molar-refractivity contribution in [2.45, 2.75) is 39.0 Å². The Bertz CT molecular complexity index is 1060. The molecule has 2 aromatic rings. The molecule has 7 nitrogen and oxygen atoms in total. The van der Waals surface area contributed by atoms with E-state index in [4.69, 9.17) is 17.6 Å². The van der Waals surface area contributed by atoms with Crippen molar-refractivity contribution in [1.29, 1.82) is 0 Å². The first kappa shape index (κ1) is 25.0. The van der Waals surface area contributed by atoms with Gasteiger partial charge in [-0.05, 0) is 44.0 Å². The van der Waals surface area contributed by atoms with Gasteiger partial charge in [0, 0.05) is 18.2 Å². The van der Waals surface area contributed by atoms with Gasteiger partial charge in [-0.2, -0.15) is 0 Å². The summed E-state index contributed by atoms with van der Waals surface area (Å²) in [6.07, 6.45) is 10.3. The number of nitrogens with zero attached hydrogens (tertiary/aromatic N) is 1. The molecule has 3 amide bonds. The summed E-state index contributed by atoms with van der Waals surface area (Å²) >= 11 is 0. The van der Waals surface area contributed by atoms with Crippen molar-refractivity contribution in [3.63, 3.8) is 0 Å². The number of rotatable bonds is 7. The summed E-state index contributed by atoms with van der Waals surface area (Å²) in [6, 6.07) is 17.1. The Hall–Kier alpha value is -4.23. The summed E-state index contributed by atoms with van der Waals surface area (Å²) in [5, 5.41) is 5.18. The minimum atomic E-state index is -1.13. The lowest BCUT2D eigenvalue weighted by atomic mass is 10.0. The van der Waals surface area contributed by atoms with Crippen LogP contribution in [0, 0.1) is 24.8 Å². The molecule has 0 heterocycles. The number of ether oxygens (including phenoxy) is 1. The molecule has 0 saturated heterocycles. The molecule has 1 atom stereocenters. The van der Waals surface area contributed by atoms with E-state index in [1.165, 1.54) is 0 Å². The van der Waals surface area contributed by atoms with Crippen molar-refractivity contribution < 1.29 is 19.1 Å². The van der Waals surface area contributed by atoms with E-state index in [2.05, 4.69) is 22.6 Å². The first-order valence-electron chi connectivity index (χ1n) is 10.3. The number of amides is 3. The molecular formula is C26H27N3O4. The second-order valence-corrected chi connectivity index (χ2v) is 8.12. The molecule has 0 aliphatic carbocycles. The van der Waals surface area contributed by atoms with Crippen molar-refractivity contribution in [1.82, 2.24) is 15.5 Å². The van der Waals surface area contributed by atoms with Crippen LogP contribution in [0.2, 0.25) is 0 Å². The Labute approximate surface area is 194 Å². The van der Waals surface area contributed by atoms with Crippen LogP contribution in [0.25, 0.3) is 0 Å². The van der Waals surface area contributed by atoms with Crippen molar-refractivity contribution in [3.8, 4) is 24.8 Å². The molecule has 0 spiro atoms. The normalized spacial score (nSPS) is 11.3. The molecular weight excluding hydrogens is 418 g/mol. The van der Waals surface area contributed by atoms with E-state index < -0.39 is 36.1 Å². The molecule has 0 aliphatic rings. The van der Waals surface area contributed by atoms with E-state index in [0.29, 0.717) is 11.1 Å². The average Bonchev–Trinajstić information content (AvgIpc) is 2.79. The molecule has 170 valence electrons. The van der Waals surface area contributed by atoms with Gasteiger partial charge in [-0.1, -0.05) is 54.8 Å². The van der Waals surface area contributed by atoms with Gasteiger partial charge in [0.2, 0.25) is 5.91 Å². The van der Waals surface area contributed by atoms with E-state index in [0.717, 1.165) is 10.5 Å². The molecule has 7 heteroatoms. The van der Waals surface area contributed by atoms with Gasteiger partial charge in [-0.15, -0.1) is 6.42 Å². The summed E-state index contributed by atoms with van der Waals surface area (Å²) in [6.45, 7) is 4.92. The fraction of sp³-hybridized carbons (Fsp3) is 0.269. The lowest BCUT2D eigenvalue weighted by Gasteiger charge is -2.27. The van der Waals surface area contributed by atoms with Crippen LogP contribution in [0.4, 0.5) is 4.79 Å². The Morgan fingerprint density at radius 3 is 2.18 bits per heavy atom. The number of terminal acetylenes is 2. The molecule has 0 bridgehead atoms. The maximum Gasteiger partial charge on any atom is 0.408 e. The maximum atomic E-state index is 13.1. The number of carbonyl (C=O) groups is 3. The number of benzene rings is 2. The number of alkyl carbamates (subject to hydrolysis) is 1. The van der Waals surface area contributed by atoms with Crippen LogP contribution in [0.3, 0.4) is 0 Å². The van der Waals surface area contributed by atoms with E-state index in [1.807, 2.05) is 30.3 Å². The number of hydrogen-bond donors (Lipinski definition) is 2. The van der Waals surface area contributed by atoms with E-state index >= 15 is 0 Å². The molecule has 1 unspecified atom stereocenters. The van der Waals surface area contributed by atoms with Gasteiger partial charge in [0.25, 0.3) is 5.91 Å². The van der Waals surface area contributed by atoms with Crippen LogP contribution in [0.5, 0.6) is 0 Å². The molecule has 2 rings (SSSR count). The van der Waals surface area contributed by atoms with Gasteiger partial charge >= 0.3 is 6.09 Å². The smallest absolute Gasteiger partial charge is 0.408 e. The first-order chi connectivity index (χ1) is 15.6. The zero-order valence-corrected chi connectivity index (χ0v) is 18.9. The Kier molecular flexibility index (Phi) is 8.65. The third-order valence-electron chi connectivity index (χ3n) is 4.40. The van der Waals surface area contributed by atoms with Gasteiger partial charge in [-0.25, -0.2) is 4.79 Å². The van der Waals surface area contributed by atoms with Crippen molar-refractivity contribution in [2.75, 3.05) is 6.54 Å². The minimum absolute atomic E-state index is 0.251. The predicted octanol–water partition coefficient (Wildman–Crippen LogP) is 2.97. The number of hydrogen-bond acceptors (Lipinski definition) is 4. The van der Waals surface area contributed by atoms with Gasteiger partial charge in [0.15, 0.2) is 0 Å². The second-order valence-electron chi connectivity index (χ2n) is 8.12. The number of carbonyl (C=O) groups excluding carboxylic acids is 3.